The molecule has 0 aliphatic carbocycles. The summed E-state index contributed by atoms with van der Waals surface area (Å²) in [6.07, 6.45) is 1.51. The van der Waals surface area contributed by atoms with Gasteiger partial charge in [0.25, 0.3) is 5.91 Å². The number of imide groups is 1. The molecule has 0 bridgehead atoms. The smallest absolute Gasteiger partial charge is 0.406 e. The highest BCUT2D eigenvalue weighted by Crippen LogP contribution is 2.30. The number of carbonyl (C=O) groups is 2. The predicted octanol–water partition coefficient (Wildman–Crippen LogP) is 6.12. The molecular formula is C28H27F3N6O3. The van der Waals surface area contributed by atoms with Crippen LogP contribution in [0.5, 0.6) is 5.75 Å². The molecule has 40 heavy (non-hydrogen) atoms. The molecule has 2 aromatic carbocycles. The van der Waals surface area contributed by atoms with Gasteiger partial charge >= 0.3 is 12.4 Å². The molecule has 1 fully saturated rings. The van der Waals surface area contributed by atoms with Crippen LogP contribution in [0.3, 0.4) is 0 Å². The van der Waals surface area contributed by atoms with Crippen molar-refractivity contribution in [3.63, 3.8) is 0 Å². The Bertz CT molecular complexity index is 1440. The highest BCUT2D eigenvalue weighted by atomic mass is 19.4. The normalized spacial score (nSPS) is 14.6. The number of halogens is 3. The van der Waals surface area contributed by atoms with Gasteiger partial charge in [0.1, 0.15) is 12.3 Å². The molecule has 2 heterocycles. The average molecular weight is 553 g/mol. The Morgan fingerprint density at radius 2 is 1.73 bits per heavy atom. The fourth-order valence-electron chi connectivity index (χ4n) is 4.03. The Balaban J connectivity index is 1.41. The molecule has 1 saturated heterocycles. The van der Waals surface area contributed by atoms with Crippen LogP contribution in [0.15, 0.2) is 71.6 Å². The minimum atomic E-state index is -4.76. The second kappa shape index (κ2) is 11.6. The van der Waals surface area contributed by atoms with Gasteiger partial charge in [0.15, 0.2) is 0 Å². The largest absolute Gasteiger partial charge is 0.573 e. The lowest BCUT2D eigenvalue weighted by atomic mass is 10.0. The van der Waals surface area contributed by atoms with Crippen LogP contribution in [-0.2, 0) is 4.79 Å². The summed E-state index contributed by atoms with van der Waals surface area (Å²) in [6, 6.07) is 12.3. The molecule has 0 unspecified atom stereocenters. The number of rotatable bonds is 8. The number of para-hydroxylation sites is 1. The van der Waals surface area contributed by atoms with E-state index in [9.17, 15) is 22.8 Å². The minimum absolute atomic E-state index is 0.0937. The first-order valence-corrected chi connectivity index (χ1v) is 12.3. The van der Waals surface area contributed by atoms with Crippen LogP contribution in [0.25, 0.3) is 6.08 Å². The van der Waals surface area contributed by atoms with Gasteiger partial charge in [-0.25, -0.2) is 14.8 Å². The van der Waals surface area contributed by atoms with Gasteiger partial charge in [-0.3, -0.25) is 9.69 Å². The number of hydrogen-bond acceptors (Lipinski definition) is 7. The lowest BCUT2D eigenvalue weighted by molar-refractivity contribution is -0.274. The van der Waals surface area contributed by atoms with Gasteiger partial charge < -0.3 is 9.64 Å². The van der Waals surface area contributed by atoms with Gasteiger partial charge in [-0.2, -0.15) is 5.10 Å². The quantitative estimate of drug-likeness (QED) is 0.247. The highest BCUT2D eigenvalue weighted by Gasteiger charge is 2.38. The fraction of sp³-hybridized carbons (Fsp3) is 0.250. The Morgan fingerprint density at radius 3 is 2.35 bits per heavy atom. The van der Waals surface area contributed by atoms with Crippen molar-refractivity contribution in [2.75, 3.05) is 23.4 Å². The number of urea groups is 1. The topological polar surface area (TPSA) is 91.2 Å². The van der Waals surface area contributed by atoms with Crippen LogP contribution in [0, 0.1) is 0 Å². The number of benzene rings is 2. The second-order valence-electron chi connectivity index (χ2n) is 9.34. The van der Waals surface area contributed by atoms with Gasteiger partial charge in [0.2, 0.25) is 5.95 Å². The van der Waals surface area contributed by atoms with Crippen molar-refractivity contribution >= 4 is 41.6 Å². The Morgan fingerprint density at radius 1 is 1.07 bits per heavy atom. The van der Waals surface area contributed by atoms with Crippen molar-refractivity contribution in [2.45, 2.75) is 33.1 Å². The molecule has 0 radical (unpaired) electrons. The molecule has 0 saturated carbocycles. The molecule has 208 valence electrons. The molecule has 3 aromatic rings. The zero-order valence-corrected chi connectivity index (χ0v) is 22.3. The third-order valence-electron chi connectivity index (χ3n) is 5.98. The molecule has 4 rings (SSSR count). The van der Waals surface area contributed by atoms with Gasteiger partial charge in [-0.1, -0.05) is 32.0 Å². The van der Waals surface area contributed by atoms with Gasteiger partial charge in [0.05, 0.1) is 6.21 Å². The minimum Gasteiger partial charge on any atom is -0.406 e. The fourth-order valence-corrected chi connectivity index (χ4v) is 4.03. The SMILES string of the molecule is CC(/C=N/N1C(=O)CN(c2ccccc2C(C)C)C1=O)=C\c1cnc(N(C)c2ccc(OC(F)(F)F)cc2)nc1. The highest BCUT2D eigenvalue weighted by molar-refractivity contribution is 6.12. The maximum atomic E-state index is 13.0. The van der Waals surface area contributed by atoms with Crippen LogP contribution >= 0.6 is 0 Å². The van der Waals surface area contributed by atoms with Crippen LogP contribution in [0.4, 0.5) is 35.3 Å². The van der Waals surface area contributed by atoms with E-state index >= 15 is 0 Å². The second-order valence-corrected chi connectivity index (χ2v) is 9.34. The summed E-state index contributed by atoms with van der Waals surface area (Å²) in [6.45, 7) is 5.70. The predicted molar refractivity (Wildman–Crippen MR) is 145 cm³/mol. The van der Waals surface area contributed by atoms with Crippen molar-refractivity contribution < 1.29 is 27.5 Å². The molecule has 1 aromatic heterocycles. The van der Waals surface area contributed by atoms with Gasteiger partial charge in [0, 0.05) is 36.4 Å². The molecule has 0 spiro atoms. The first-order valence-electron chi connectivity index (χ1n) is 12.3. The Labute approximate surface area is 229 Å². The zero-order chi connectivity index (χ0) is 29.0. The number of amides is 3. The molecule has 0 N–H and O–H groups in total. The molecular weight excluding hydrogens is 525 g/mol. The first-order chi connectivity index (χ1) is 18.9. The van der Waals surface area contributed by atoms with E-state index in [0.29, 0.717) is 28.5 Å². The van der Waals surface area contributed by atoms with Gasteiger partial charge in [-0.15, -0.1) is 18.2 Å². The summed E-state index contributed by atoms with van der Waals surface area (Å²) in [5.41, 5.74) is 3.50. The third-order valence-corrected chi connectivity index (χ3v) is 5.98. The standard InChI is InChI=1S/C28H27F3N6O3/c1-18(2)23-7-5-6-8-24(23)36-17-25(38)37(27(36)39)34-14-19(3)13-20-15-32-26(33-16-20)35(4)21-9-11-22(12-10-21)40-28(29,30)31/h5-16,18H,17H2,1-4H3/b19-13+,34-14+. The summed E-state index contributed by atoms with van der Waals surface area (Å²) in [7, 11) is 1.68. The molecule has 1 aliphatic rings. The van der Waals surface area contributed by atoms with Crippen molar-refractivity contribution in [1.29, 1.82) is 0 Å². The lowest BCUT2D eigenvalue weighted by Gasteiger charge is -2.20. The number of allylic oxidation sites excluding steroid dienone is 1. The van der Waals surface area contributed by atoms with E-state index in [-0.39, 0.29) is 18.2 Å². The van der Waals surface area contributed by atoms with Crippen LogP contribution in [-0.4, -0.2) is 53.1 Å². The number of nitrogens with zero attached hydrogens (tertiary/aromatic N) is 6. The van der Waals surface area contributed by atoms with E-state index in [4.69, 9.17) is 0 Å². The molecule has 1 aliphatic heterocycles. The van der Waals surface area contributed by atoms with Gasteiger partial charge in [-0.05, 0) is 60.4 Å². The van der Waals surface area contributed by atoms with E-state index in [1.54, 1.807) is 37.3 Å². The van der Waals surface area contributed by atoms with Crippen molar-refractivity contribution in [3.8, 4) is 5.75 Å². The first kappa shape index (κ1) is 28.3. The molecule has 3 amide bonds. The Hall–Kier alpha value is -4.74. The maximum Gasteiger partial charge on any atom is 0.573 e. The van der Waals surface area contributed by atoms with Crippen LogP contribution in [0.2, 0.25) is 0 Å². The summed E-state index contributed by atoms with van der Waals surface area (Å²) in [5.74, 6) is -0.258. The van der Waals surface area contributed by atoms with Crippen LogP contribution in [0.1, 0.15) is 37.8 Å². The van der Waals surface area contributed by atoms with E-state index in [0.717, 1.165) is 10.6 Å². The molecule has 0 atom stereocenters. The Kier molecular flexibility index (Phi) is 8.17. The van der Waals surface area contributed by atoms with E-state index in [1.807, 2.05) is 38.1 Å². The summed E-state index contributed by atoms with van der Waals surface area (Å²) in [5, 5.41) is 4.97. The van der Waals surface area contributed by atoms with E-state index in [2.05, 4.69) is 19.8 Å². The molecule has 12 heteroatoms. The summed E-state index contributed by atoms with van der Waals surface area (Å²) >= 11 is 0. The van der Waals surface area contributed by atoms with Crippen molar-refractivity contribution in [2.24, 2.45) is 5.10 Å². The summed E-state index contributed by atoms with van der Waals surface area (Å²) < 4.78 is 41.0. The maximum absolute atomic E-state index is 13.0. The van der Waals surface area contributed by atoms with E-state index in [1.165, 1.54) is 35.4 Å². The van der Waals surface area contributed by atoms with Crippen molar-refractivity contribution in [1.82, 2.24) is 15.0 Å². The van der Waals surface area contributed by atoms with E-state index < -0.39 is 18.3 Å². The third kappa shape index (κ3) is 6.63. The number of hydrogen-bond donors (Lipinski definition) is 0. The zero-order valence-electron chi connectivity index (χ0n) is 22.3. The number of alkyl halides is 3. The number of anilines is 3. The number of hydrazone groups is 1. The average Bonchev–Trinajstić information content (AvgIpc) is 3.19. The number of carbonyl (C=O) groups excluding carboxylic acids is 2. The van der Waals surface area contributed by atoms with Crippen molar-refractivity contribution in [3.05, 3.63) is 77.6 Å². The summed E-state index contributed by atoms with van der Waals surface area (Å²) in [4.78, 5) is 37.2. The monoisotopic (exact) mass is 552 g/mol. The molecule has 9 nitrogen and oxygen atoms in total. The number of ether oxygens (including phenoxy) is 1. The number of aromatic nitrogens is 2. The lowest BCUT2D eigenvalue weighted by Crippen LogP contribution is -2.30. The van der Waals surface area contributed by atoms with Crippen LogP contribution < -0.4 is 14.5 Å².